The molecule has 0 saturated carbocycles. The van der Waals surface area contributed by atoms with Crippen LogP contribution in [0.4, 0.5) is 0 Å². The first-order valence-electron chi connectivity index (χ1n) is 9.52. The van der Waals surface area contributed by atoms with Gasteiger partial charge in [-0.2, -0.15) is 0 Å². The normalized spacial score (nSPS) is 20.5. The lowest BCUT2D eigenvalue weighted by atomic mass is 9.87. The van der Waals surface area contributed by atoms with Crippen molar-refractivity contribution in [2.24, 2.45) is 5.92 Å². The van der Waals surface area contributed by atoms with Crippen LogP contribution in [0.1, 0.15) is 50.4 Å². The molecule has 1 saturated heterocycles. The molecule has 1 N–H and O–H groups in total. The van der Waals surface area contributed by atoms with Crippen LogP contribution in [-0.2, 0) is 16.0 Å². The molecular weight excluding hydrogens is 326 g/mol. The number of nitrogens with one attached hydrogen (secondary N) is 1. The summed E-state index contributed by atoms with van der Waals surface area (Å²) in [5.74, 6) is 1.45. The van der Waals surface area contributed by atoms with Gasteiger partial charge in [-0.05, 0) is 57.2 Å². The SMILES string of the molecule is CC1(C)C[C@H](C(=O)NCC[C@H](Cc2ccccc2)c2ccco2)CCO1. The molecule has 26 heavy (non-hydrogen) atoms. The van der Waals surface area contributed by atoms with Crippen LogP contribution in [0, 0.1) is 5.92 Å². The molecule has 0 bridgehead atoms. The first-order chi connectivity index (χ1) is 12.5. The van der Waals surface area contributed by atoms with Gasteiger partial charge in [-0.3, -0.25) is 4.79 Å². The highest BCUT2D eigenvalue weighted by Crippen LogP contribution is 2.29. The van der Waals surface area contributed by atoms with Crippen molar-refractivity contribution in [3.8, 4) is 0 Å². The Morgan fingerprint density at radius 3 is 2.73 bits per heavy atom. The molecule has 2 heterocycles. The minimum absolute atomic E-state index is 0.0509. The molecule has 0 spiro atoms. The molecule has 4 nitrogen and oxygen atoms in total. The Labute approximate surface area is 155 Å². The highest BCUT2D eigenvalue weighted by atomic mass is 16.5. The summed E-state index contributed by atoms with van der Waals surface area (Å²) in [6, 6.07) is 14.4. The smallest absolute Gasteiger partial charge is 0.223 e. The van der Waals surface area contributed by atoms with Gasteiger partial charge < -0.3 is 14.5 Å². The Balaban J connectivity index is 1.54. The van der Waals surface area contributed by atoms with Gasteiger partial charge in [-0.1, -0.05) is 30.3 Å². The van der Waals surface area contributed by atoms with E-state index in [0.717, 1.165) is 31.4 Å². The molecular formula is C22H29NO3. The van der Waals surface area contributed by atoms with Crippen molar-refractivity contribution < 1.29 is 13.9 Å². The Bertz CT molecular complexity index is 679. The number of hydrogen-bond acceptors (Lipinski definition) is 3. The Morgan fingerprint density at radius 1 is 1.23 bits per heavy atom. The monoisotopic (exact) mass is 355 g/mol. The van der Waals surface area contributed by atoms with Crippen molar-refractivity contribution in [2.75, 3.05) is 13.2 Å². The fourth-order valence-corrected chi connectivity index (χ4v) is 3.74. The van der Waals surface area contributed by atoms with Gasteiger partial charge in [0.05, 0.1) is 11.9 Å². The second-order valence-corrected chi connectivity index (χ2v) is 7.78. The Kier molecular flexibility index (Phi) is 6.15. The van der Waals surface area contributed by atoms with E-state index < -0.39 is 0 Å². The zero-order valence-electron chi connectivity index (χ0n) is 15.7. The van der Waals surface area contributed by atoms with E-state index in [1.54, 1.807) is 6.26 Å². The predicted octanol–water partition coefficient (Wildman–Crippen LogP) is 4.32. The van der Waals surface area contributed by atoms with Crippen LogP contribution in [0.25, 0.3) is 0 Å². The topological polar surface area (TPSA) is 51.5 Å². The van der Waals surface area contributed by atoms with Crippen molar-refractivity contribution >= 4 is 5.91 Å². The van der Waals surface area contributed by atoms with Crippen LogP contribution < -0.4 is 5.32 Å². The average Bonchev–Trinajstić information content (AvgIpc) is 3.15. The van der Waals surface area contributed by atoms with Crippen molar-refractivity contribution in [3.05, 3.63) is 60.1 Å². The molecule has 1 amide bonds. The van der Waals surface area contributed by atoms with Crippen LogP contribution >= 0.6 is 0 Å². The lowest BCUT2D eigenvalue weighted by Crippen LogP contribution is -2.41. The van der Waals surface area contributed by atoms with Gasteiger partial charge in [-0.25, -0.2) is 0 Å². The molecule has 1 aliphatic rings. The molecule has 0 unspecified atom stereocenters. The van der Waals surface area contributed by atoms with Gasteiger partial charge in [-0.15, -0.1) is 0 Å². The summed E-state index contributed by atoms with van der Waals surface area (Å²) in [5, 5.41) is 3.13. The van der Waals surface area contributed by atoms with Gasteiger partial charge in [0.1, 0.15) is 5.76 Å². The Morgan fingerprint density at radius 2 is 2.04 bits per heavy atom. The first kappa shape index (κ1) is 18.7. The molecule has 2 atom stereocenters. The van der Waals surface area contributed by atoms with E-state index >= 15 is 0 Å². The van der Waals surface area contributed by atoms with Crippen molar-refractivity contribution in [1.29, 1.82) is 0 Å². The number of carbonyl (C=O) groups excluding carboxylic acids is 1. The molecule has 1 aromatic carbocycles. The van der Waals surface area contributed by atoms with Gasteiger partial charge >= 0.3 is 0 Å². The molecule has 1 fully saturated rings. The van der Waals surface area contributed by atoms with Crippen molar-refractivity contribution in [1.82, 2.24) is 5.32 Å². The van der Waals surface area contributed by atoms with E-state index in [4.69, 9.17) is 9.15 Å². The summed E-state index contributed by atoms with van der Waals surface area (Å²) in [6.07, 6.45) is 5.08. The van der Waals surface area contributed by atoms with E-state index in [9.17, 15) is 4.79 Å². The molecule has 1 aliphatic heterocycles. The Hall–Kier alpha value is -2.07. The maximum atomic E-state index is 12.5. The van der Waals surface area contributed by atoms with E-state index in [2.05, 4.69) is 43.4 Å². The van der Waals surface area contributed by atoms with Crippen LogP contribution in [0.2, 0.25) is 0 Å². The molecule has 1 aromatic heterocycles. The zero-order chi connectivity index (χ0) is 18.4. The fraction of sp³-hybridized carbons (Fsp3) is 0.500. The van der Waals surface area contributed by atoms with E-state index in [1.807, 2.05) is 18.2 Å². The summed E-state index contributed by atoms with van der Waals surface area (Å²) in [7, 11) is 0. The van der Waals surface area contributed by atoms with Gasteiger partial charge in [0.2, 0.25) is 5.91 Å². The number of benzene rings is 1. The quantitative estimate of drug-likeness (QED) is 0.805. The van der Waals surface area contributed by atoms with E-state index in [1.165, 1.54) is 5.56 Å². The van der Waals surface area contributed by atoms with Gasteiger partial charge in [0.25, 0.3) is 0 Å². The highest BCUT2D eigenvalue weighted by Gasteiger charge is 2.32. The molecule has 0 aliphatic carbocycles. The van der Waals surface area contributed by atoms with Gasteiger partial charge in [0.15, 0.2) is 0 Å². The third-order valence-electron chi connectivity index (χ3n) is 5.13. The number of rotatable bonds is 7. The molecule has 4 heteroatoms. The number of furan rings is 1. The summed E-state index contributed by atoms with van der Waals surface area (Å²) in [5.41, 5.74) is 1.08. The first-order valence-corrected chi connectivity index (χ1v) is 9.52. The zero-order valence-corrected chi connectivity index (χ0v) is 15.7. The van der Waals surface area contributed by atoms with Crippen LogP contribution in [0.3, 0.4) is 0 Å². The van der Waals surface area contributed by atoms with Crippen LogP contribution in [-0.4, -0.2) is 24.7 Å². The van der Waals surface area contributed by atoms with Crippen LogP contribution in [0.5, 0.6) is 0 Å². The minimum atomic E-state index is -0.204. The molecule has 2 aromatic rings. The maximum absolute atomic E-state index is 12.5. The fourth-order valence-electron chi connectivity index (χ4n) is 3.74. The van der Waals surface area contributed by atoms with Crippen LogP contribution in [0.15, 0.2) is 53.1 Å². The third-order valence-corrected chi connectivity index (χ3v) is 5.13. The standard InChI is InChI=1S/C22H29NO3/c1-22(2)16-19(11-14-26-22)21(24)23-12-10-18(20-9-6-13-25-20)15-17-7-4-3-5-8-17/h3-9,13,18-19H,10-12,14-16H2,1-2H3,(H,23,24)/t18-,19-/m1/s1. The number of hydrogen-bond donors (Lipinski definition) is 1. The molecule has 0 radical (unpaired) electrons. The maximum Gasteiger partial charge on any atom is 0.223 e. The lowest BCUT2D eigenvalue weighted by molar-refractivity contribution is -0.135. The summed E-state index contributed by atoms with van der Waals surface area (Å²) >= 11 is 0. The predicted molar refractivity (Wildman–Crippen MR) is 102 cm³/mol. The van der Waals surface area contributed by atoms with Gasteiger partial charge in [0, 0.05) is 25.0 Å². The third kappa shape index (κ3) is 5.21. The molecule has 3 rings (SSSR count). The largest absolute Gasteiger partial charge is 0.469 e. The molecule has 140 valence electrons. The number of amides is 1. The van der Waals surface area contributed by atoms with E-state index in [0.29, 0.717) is 13.2 Å². The summed E-state index contributed by atoms with van der Waals surface area (Å²) in [6.45, 7) is 5.43. The minimum Gasteiger partial charge on any atom is -0.469 e. The van der Waals surface area contributed by atoms with E-state index in [-0.39, 0.29) is 23.3 Å². The lowest BCUT2D eigenvalue weighted by Gasteiger charge is -2.34. The number of ether oxygens (including phenoxy) is 1. The highest BCUT2D eigenvalue weighted by molar-refractivity contribution is 5.78. The second kappa shape index (κ2) is 8.54. The second-order valence-electron chi connectivity index (χ2n) is 7.78. The number of carbonyl (C=O) groups is 1. The summed E-state index contributed by atoms with van der Waals surface area (Å²) in [4.78, 5) is 12.5. The summed E-state index contributed by atoms with van der Waals surface area (Å²) < 4.78 is 11.4. The van der Waals surface area contributed by atoms with Crippen molar-refractivity contribution in [3.63, 3.8) is 0 Å². The average molecular weight is 355 g/mol. The van der Waals surface area contributed by atoms with Crippen molar-refractivity contribution in [2.45, 2.75) is 51.0 Å².